The Labute approximate surface area is 119 Å². The first kappa shape index (κ1) is 14.4. The van der Waals surface area contributed by atoms with Gasteiger partial charge in [-0.25, -0.2) is 9.78 Å². The summed E-state index contributed by atoms with van der Waals surface area (Å²) in [6, 6.07) is 5.77. The van der Waals surface area contributed by atoms with Crippen molar-refractivity contribution in [2.45, 2.75) is 46.1 Å². The van der Waals surface area contributed by atoms with Crippen molar-refractivity contribution in [2.75, 3.05) is 5.32 Å². The lowest BCUT2D eigenvalue weighted by atomic mass is 10.1. The second-order valence-corrected chi connectivity index (χ2v) is 6.06. The van der Waals surface area contributed by atoms with Crippen LogP contribution in [0.15, 0.2) is 24.4 Å². The molecule has 0 aliphatic rings. The van der Waals surface area contributed by atoms with Gasteiger partial charge in [-0.2, -0.15) is 0 Å². The van der Waals surface area contributed by atoms with Gasteiger partial charge >= 0.3 is 6.09 Å². The van der Waals surface area contributed by atoms with E-state index in [-0.39, 0.29) is 5.92 Å². The fraction of sp³-hybridized carbons (Fsp3) is 0.467. The third kappa shape index (κ3) is 3.10. The SMILES string of the molecule is CC(C)c1c(NC(=O)OC(C)(C)C)nc2ccccn12. The second-order valence-electron chi connectivity index (χ2n) is 6.06. The molecule has 1 amide bonds. The van der Waals surface area contributed by atoms with Gasteiger partial charge in [0.25, 0.3) is 0 Å². The zero-order valence-corrected chi connectivity index (χ0v) is 12.6. The molecule has 0 spiro atoms. The van der Waals surface area contributed by atoms with E-state index in [2.05, 4.69) is 24.1 Å². The lowest BCUT2D eigenvalue weighted by molar-refractivity contribution is 0.0635. The van der Waals surface area contributed by atoms with Gasteiger partial charge in [-0.05, 0) is 38.8 Å². The monoisotopic (exact) mass is 275 g/mol. The summed E-state index contributed by atoms with van der Waals surface area (Å²) in [6.45, 7) is 9.63. The van der Waals surface area contributed by atoms with Crippen LogP contribution in [0.3, 0.4) is 0 Å². The number of pyridine rings is 1. The maximum absolute atomic E-state index is 11.9. The van der Waals surface area contributed by atoms with Crippen LogP contribution in [0.5, 0.6) is 0 Å². The van der Waals surface area contributed by atoms with Crippen molar-refractivity contribution in [3.63, 3.8) is 0 Å². The van der Waals surface area contributed by atoms with E-state index in [9.17, 15) is 4.79 Å². The molecular weight excluding hydrogens is 254 g/mol. The Bertz CT molecular complexity index is 624. The molecule has 0 radical (unpaired) electrons. The van der Waals surface area contributed by atoms with Crippen LogP contribution in [0.25, 0.3) is 5.65 Å². The Balaban J connectivity index is 2.34. The average Bonchev–Trinajstić information content (AvgIpc) is 2.63. The highest BCUT2D eigenvalue weighted by Crippen LogP contribution is 2.25. The highest BCUT2D eigenvalue weighted by molar-refractivity contribution is 5.85. The number of anilines is 1. The largest absolute Gasteiger partial charge is 0.444 e. The standard InChI is InChI=1S/C15H21N3O2/c1-10(2)12-13(17-14(19)20-15(3,4)5)16-11-8-6-7-9-18(11)12/h6-10H,1-5H3,(H,17,19). The number of nitrogens with one attached hydrogen (secondary N) is 1. The van der Waals surface area contributed by atoms with Crippen molar-refractivity contribution in [2.24, 2.45) is 0 Å². The highest BCUT2D eigenvalue weighted by Gasteiger charge is 2.21. The Morgan fingerprint density at radius 2 is 2.05 bits per heavy atom. The number of rotatable bonds is 2. The molecule has 2 rings (SSSR count). The van der Waals surface area contributed by atoms with Crippen molar-refractivity contribution >= 4 is 17.6 Å². The smallest absolute Gasteiger partial charge is 0.413 e. The van der Waals surface area contributed by atoms with Crippen LogP contribution < -0.4 is 5.32 Å². The number of carbonyl (C=O) groups is 1. The first-order valence-electron chi connectivity index (χ1n) is 6.75. The summed E-state index contributed by atoms with van der Waals surface area (Å²) in [4.78, 5) is 16.4. The molecule has 0 fully saturated rings. The number of amides is 1. The summed E-state index contributed by atoms with van der Waals surface area (Å²) in [5.41, 5.74) is 1.25. The van der Waals surface area contributed by atoms with Gasteiger partial charge in [0.2, 0.25) is 0 Å². The van der Waals surface area contributed by atoms with Gasteiger partial charge in [-0.15, -0.1) is 0 Å². The van der Waals surface area contributed by atoms with Crippen LogP contribution in [0.4, 0.5) is 10.6 Å². The number of ether oxygens (including phenoxy) is 1. The van der Waals surface area contributed by atoms with E-state index in [1.807, 2.05) is 49.6 Å². The van der Waals surface area contributed by atoms with Crippen LogP contribution in [0, 0.1) is 0 Å². The van der Waals surface area contributed by atoms with E-state index < -0.39 is 11.7 Å². The zero-order chi connectivity index (χ0) is 14.9. The molecule has 108 valence electrons. The van der Waals surface area contributed by atoms with E-state index in [1.54, 1.807) is 0 Å². The average molecular weight is 275 g/mol. The molecule has 0 saturated heterocycles. The molecule has 0 aliphatic carbocycles. The Morgan fingerprint density at radius 1 is 1.35 bits per heavy atom. The maximum Gasteiger partial charge on any atom is 0.413 e. The van der Waals surface area contributed by atoms with Crippen LogP contribution in [-0.4, -0.2) is 21.1 Å². The quantitative estimate of drug-likeness (QED) is 0.906. The fourth-order valence-corrected chi connectivity index (χ4v) is 2.06. The van der Waals surface area contributed by atoms with Gasteiger partial charge < -0.3 is 9.14 Å². The molecule has 0 bridgehead atoms. The molecule has 0 atom stereocenters. The van der Waals surface area contributed by atoms with Crippen molar-refractivity contribution in [1.29, 1.82) is 0 Å². The van der Waals surface area contributed by atoms with E-state index in [0.717, 1.165) is 11.3 Å². The number of hydrogen-bond donors (Lipinski definition) is 1. The Hall–Kier alpha value is -2.04. The summed E-state index contributed by atoms with van der Waals surface area (Å²) in [6.07, 6.45) is 1.46. The van der Waals surface area contributed by atoms with Crippen LogP contribution in [0.1, 0.15) is 46.2 Å². The number of nitrogens with zero attached hydrogens (tertiary/aromatic N) is 2. The van der Waals surface area contributed by atoms with Gasteiger partial charge in [-0.3, -0.25) is 5.32 Å². The van der Waals surface area contributed by atoms with Gasteiger partial charge in [0, 0.05) is 6.20 Å². The van der Waals surface area contributed by atoms with Crippen LogP contribution in [-0.2, 0) is 4.74 Å². The molecule has 0 unspecified atom stereocenters. The lowest BCUT2D eigenvalue weighted by Crippen LogP contribution is -2.27. The van der Waals surface area contributed by atoms with E-state index >= 15 is 0 Å². The number of fused-ring (bicyclic) bond motifs is 1. The molecule has 2 aromatic heterocycles. The third-order valence-electron chi connectivity index (χ3n) is 2.73. The van der Waals surface area contributed by atoms with Gasteiger partial charge in [0.1, 0.15) is 11.2 Å². The topological polar surface area (TPSA) is 55.6 Å². The molecule has 2 aromatic rings. The van der Waals surface area contributed by atoms with E-state index in [0.29, 0.717) is 5.82 Å². The van der Waals surface area contributed by atoms with Crippen LogP contribution in [0.2, 0.25) is 0 Å². The maximum atomic E-state index is 11.9. The number of imidazole rings is 1. The summed E-state index contributed by atoms with van der Waals surface area (Å²) in [7, 11) is 0. The predicted octanol–water partition coefficient (Wildman–Crippen LogP) is 3.80. The minimum absolute atomic E-state index is 0.234. The molecule has 1 N–H and O–H groups in total. The zero-order valence-electron chi connectivity index (χ0n) is 12.6. The first-order valence-corrected chi connectivity index (χ1v) is 6.75. The summed E-state index contributed by atoms with van der Waals surface area (Å²) in [5.74, 6) is 0.790. The normalized spacial score (nSPS) is 11.9. The summed E-state index contributed by atoms with van der Waals surface area (Å²) < 4.78 is 7.26. The molecule has 0 saturated carbocycles. The van der Waals surface area contributed by atoms with E-state index in [1.165, 1.54) is 0 Å². The number of hydrogen-bond acceptors (Lipinski definition) is 3. The summed E-state index contributed by atoms with van der Waals surface area (Å²) >= 11 is 0. The molecule has 0 aliphatic heterocycles. The predicted molar refractivity (Wildman–Crippen MR) is 79.1 cm³/mol. The van der Waals surface area contributed by atoms with Gasteiger partial charge in [-0.1, -0.05) is 19.9 Å². The lowest BCUT2D eigenvalue weighted by Gasteiger charge is -2.19. The molecule has 20 heavy (non-hydrogen) atoms. The van der Waals surface area contributed by atoms with E-state index in [4.69, 9.17) is 4.74 Å². The third-order valence-corrected chi connectivity index (χ3v) is 2.73. The Kier molecular flexibility index (Phi) is 3.70. The molecular formula is C15H21N3O2. The first-order chi connectivity index (χ1) is 9.28. The fourth-order valence-electron chi connectivity index (χ4n) is 2.06. The van der Waals surface area contributed by atoms with Crippen molar-refractivity contribution in [3.8, 4) is 0 Å². The molecule has 0 aromatic carbocycles. The van der Waals surface area contributed by atoms with Crippen LogP contribution >= 0.6 is 0 Å². The Morgan fingerprint density at radius 3 is 2.65 bits per heavy atom. The minimum atomic E-state index is -0.527. The van der Waals surface area contributed by atoms with Gasteiger partial charge in [0.05, 0.1) is 5.69 Å². The number of carbonyl (C=O) groups excluding carboxylic acids is 1. The van der Waals surface area contributed by atoms with Gasteiger partial charge in [0.15, 0.2) is 5.82 Å². The van der Waals surface area contributed by atoms with Crippen molar-refractivity contribution in [3.05, 3.63) is 30.1 Å². The minimum Gasteiger partial charge on any atom is -0.444 e. The summed E-state index contributed by atoms with van der Waals surface area (Å²) in [5, 5.41) is 2.74. The van der Waals surface area contributed by atoms with Crippen molar-refractivity contribution in [1.82, 2.24) is 9.38 Å². The number of aromatic nitrogens is 2. The van der Waals surface area contributed by atoms with Crippen molar-refractivity contribution < 1.29 is 9.53 Å². The molecule has 2 heterocycles. The molecule has 5 heteroatoms. The molecule has 5 nitrogen and oxygen atoms in total. The highest BCUT2D eigenvalue weighted by atomic mass is 16.6. The second kappa shape index (κ2) is 5.15.